The van der Waals surface area contributed by atoms with E-state index in [1.807, 2.05) is 0 Å². The van der Waals surface area contributed by atoms with Crippen molar-refractivity contribution in [2.75, 3.05) is 0 Å². The number of aldehydes is 1. The quantitative estimate of drug-likeness (QED) is 0.0878. The Hall–Kier alpha value is -0.780. The molecule has 1 amide bonds. The summed E-state index contributed by atoms with van der Waals surface area (Å²) in [5, 5.41) is 11.4. The van der Waals surface area contributed by atoms with Gasteiger partial charge >= 0.3 is 29.6 Å². The van der Waals surface area contributed by atoms with Gasteiger partial charge in [0.05, 0.1) is 0 Å². The molecule has 0 aromatic rings. The number of rotatable bonds is 22. The zero-order valence-electron chi connectivity index (χ0n) is 20.2. The van der Waals surface area contributed by atoms with E-state index in [9.17, 15) is 14.4 Å². The molecule has 0 unspecified atom stereocenters. The van der Waals surface area contributed by atoms with Crippen molar-refractivity contribution in [3.63, 3.8) is 0 Å². The van der Waals surface area contributed by atoms with Gasteiger partial charge in [-0.3, -0.25) is 9.59 Å². The molecule has 5 nitrogen and oxygen atoms in total. The maximum Gasteiger partial charge on any atom is 1.00 e. The number of aliphatic carboxylic acids is 1. The van der Waals surface area contributed by atoms with Crippen LogP contribution < -0.4 is 34.9 Å². The van der Waals surface area contributed by atoms with E-state index in [2.05, 4.69) is 18.8 Å². The third-order valence-electron chi connectivity index (χ3n) is 5.32. The van der Waals surface area contributed by atoms with Crippen molar-refractivity contribution in [2.24, 2.45) is 0 Å². The molecule has 2 N–H and O–H groups in total. The molecule has 0 saturated heterocycles. The standard InChI is InChI=1S/C25H44NO4.Na/c1-22(2)18-15-13-11-9-7-5-3-4-6-8-10-12-14-16-20-24(28)26-23(25(29)30)19-17-21-27;/h21H,1,3-20H2,2H3,(H,26,28)(H,29,30);/q-1;+1. The van der Waals surface area contributed by atoms with Crippen LogP contribution in [0.1, 0.15) is 122 Å². The molecule has 0 bridgehead atoms. The summed E-state index contributed by atoms with van der Waals surface area (Å²) in [6.07, 6.45) is 19.8. The number of hydrogen-bond acceptors (Lipinski definition) is 3. The molecule has 0 fully saturated rings. The maximum atomic E-state index is 11.8. The van der Waals surface area contributed by atoms with E-state index in [1.165, 1.54) is 82.6 Å². The number of carboxylic acids is 1. The Balaban J connectivity index is 0. The summed E-state index contributed by atoms with van der Waals surface area (Å²) in [6.45, 7) is 6.05. The van der Waals surface area contributed by atoms with Gasteiger partial charge in [-0.15, -0.1) is 13.0 Å². The maximum absolute atomic E-state index is 11.8. The molecule has 174 valence electrons. The first kappa shape index (κ1) is 32.4. The van der Waals surface area contributed by atoms with Gasteiger partial charge in [0.1, 0.15) is 6.29 Å². The van der Waals surface area contributed by atoms with Crippen LogP contribution in [0.4, 0.5) is 0 Å². The van der Waals surface area contributed by atoms with Crippen molar-refractivity contribution >= 4 is 18.2 Å². The molecule has 6 heteroatoms. The smallest absolute Gasteiger partial charge is 0.502 e. The fourth-order valence-corrected chi connectivity index (χ4v) is 3.49. The van der Waals surface area contributed by atoms with Crippen molar-refractivity contribution in [1.82, 2.24) is 5.32 Å². The van der Waals surface area contributed by atoms with Crippen LogP contribution in [0.15, 0.2) is 12.2 Å². The van der Waals surface area contributed by atoms with Crippen LogP contribution in [-0.2, 0) is 14.4 Å². The second kappa shape index (κ2) is 23.9. The van der Waals surface area contributed by atoms with E-state index in [0.29, 0.717) is 12.7 Å². The fraction of sp³-hybridized carbons (Fsp3) is 0.760. The Labute approximate surface area is 212 Å². The van der Waals surface area contributed by atoms with E-state index >= 15 is 0 Å². The molecule has 0 radical (unpaired) electrons. The van der Waals surface area contributed by atoms with Crippen molar-refractivity contribution in [1.29, 1.82) is 0 Å². The zero-order valence-corrected chi connectivity index (χ0v) is 22.2. The minimum atomic E-state index is -1.16. The molecule has 0 aliphatic carbocycles. The molecule has 0 aromatic carbocycles. The SMILES string of the molecule is C=C(C)CCCCCCCCCCCCCCCCC(=O)N[C-](CCC=O)C(=O)O.[Na+]. The molecule has 0 aromatic heterocycles. The molecule has 0 spiro atoms. The Morgan fingerprint density at radius 3 is 1.55 bits per heavy atom. The Kier molecular flexibility index (Phi) is 25.0. The fourth-order valence-electron chi connectivity index (χ4n) is 3.49. The molecule has 0 aliphatic rings. The van der Waals surface area contributed by atoms with Gasteiger partial charge in [-0.05, 0) is 32.6 Å². The number of carbonyl (C=O) groups is 3. The summed E-state index contributed by atoms with van der Waals surface area (Å²) in [7, 11) is 0. The van der Waals surface area contributed by atoms with Gasteiger partial charge in [0, 0.05) is 6.42 Å². The third kappa shape index (κ3) is 23.7. The minimum Gasteiger partial charge on any atom is -0.502 e. The minimum absolute atomic E-state index is 0. The van der Waals surface area contributed by atoms with Crippen molar-refractivity contribution < 1.29 is 49.0 Å². The number of unbranched alkanes of at least 4 members (excludes halogenated alkanes) is 13. The average molecular weight is 446 g/mol. The molecule has 0 atom stereocenters. The largest absolute Gasteiger partial charge is 1.00 e. The third-order valence-corrected chi connectivity index (χ3v) is 5.32. The molecular weight excluding hydrogens is 401 g/mol. The molecule has 31 heavy (non-hydrogen) atoms. The van der Waals surface area contributed by atoms with Crippen LogP contribution in [0.5, 0.6) is 0 Å². The van der Waals surface area contributed by atoms with Gasteiger partial charge in [-0.2, -0.15) is 6.04 Å². The summed E-state index contributed by atoms with van der Waals surface area (Å²) in [5.41, 5.74) is 1.30. The van der Waals surface area contributed by atoms with E-state index in [0.717, 1.165) is 19.3 Å². The number of amides is 1. The first-order chi connectivity index (χ1) is 14.5. The van der Waals surface area contributed by atoms with Crippen molar-refractivity contribution in [3.05, 3.63) is 18.2 Å². The summed E-state index contributed by atoms with van der Waals surface area (Å²) in [4.78, 5) is 33.1. The summed E-state index contributed by atoms with van der Waals surface area (Å²) < 4.78 is 0. The second-order valence-corrected chi connectivity index (χ2v) is 8.44. The van der Waals surface area contributed by atoms with Crippen LogP contribution in [0.3, 0.4) is 0 Å². The van der Waals surface area contributed by atoms with Gasteiger partial charge in [0.2, 0.25) is 0 Å². The van der Waals surface area contributed by atoms with E-state index < -0.39 is 5.97 Å². The van der Waals surface area contributed by atoms with Crippen LogP contribution >= 0.6 is 0 Å². The zero-order chi connectivity index (χ0) is 22.5. The van der Waals surface area contributed by atoms with Crippen LogP contribution in [0.25, 0.3) is 0 Å². The summed E-state index contributed by atoms with van der Waals surface area (Å²) >= 11 is 0. The average Bonchev–Trinajstić information content (AvgIpc) is 2.70. The monoisotopic (exact) mass is 445 g/mol. The van der Waals surface area contributed by atoms with Gasteiger partial charge < -0.3 is 15.2 Å². The van der Waals surface area contributed by atoms with Crippen molar-refractivity contribution in [2.45, 2.75) is 122 Å². The Morgan fingerprint density at radius 2 is 1.19 bits per heavy atom. The number of hydrogen-bond donors (Lipinski definition) is 2. The number of nitrogens with one attached hydrogen (secondary N) is 1. The predicted molar refractivity (Wildman–Crippen MR) is 123 cm³/mol. The first-order valence-corrected chi connectivity index (χ1v) is 11.9. The summed E-state index contributed by atoms with van der Waals surface area (Å²) in [6, 6.07) is -0.0881. The first-order valence-electron chi connectivity index (χ1n) is 11.9. The Bertz CT molecular complexity index is 482. The van der Waals surface area contributed by atoms with Gasteiger partial charge in [-0.25, -0.2) is 0 Å². The topological polar surface area (TPSA) is 83.5 Å². The van der Waals surface area contributed by atoms with Crippen LogP contribution in [0, 0.1) is 6.04 Å². The second-order valence-electron chi connectivity index (χ2n) is 8.44. The molecular formula is C25H44NNaO4. The van der Waals surface area contributed by atoms with E-state index in [-0.39, 0.29) is 54.3 Å². The molecule has 0 saturated carbocycles. The van der Waals surface area contributed by atoms with Crippen LogP contribution in [-0.4, -0.2) is 23.3 Å². The number of allylic oxidation sites excluding steroid dienone is 1. The normalized spacial score (nSPS) is 10.2. The summed E-state index contributed by atoms with van der Waals surface area (Å²) in [5.74, 6) is -1.43. The molecule has 0 aliphatic heterocycles. The Morgan fingerprint density at radius 1 is 0.806 bits per heavy atom. The van der Waals surface area contributed by atoms with Gasteiger partial charge in [0.25, 0.3) is 0 Å². The van der Waals surface area contributed by atoms with Crippen molar-refractivity contribution in [3.8, 4) is 0 Å². The number of carbonyl (C=O) groups excluding carboxylic acids is 2. The molecule has 0 heterocycles. The number of carboxylic acid groups (broad SMARTS) is 1. The molecule has 0 rings (SSSR count). The van der Waals surface area contributed by atoms with Gasteiger partial charge in [-0.1, -0.05) is 82.6 Å². The van der Waals surface area contributed by atoms with Crippen LogP contribution in [0.2, 0.25) is 0 Å². The van der Waals surface area contributed by atoms with E-state index in [4.69, 9.17) is 5.11 Å². The predicted octanol–water partition coefficient (Wildman–Crippen LogP) is 3.52. The van der Waals surface area contributed by atoms with E-state index in [1.54, 1.807) is 0 Å². The van der Waals surface area contributed by atoms with Gasteiger partial charge in [0.15, 0.2) is 11.9 Å².